The van der Waals surface area contributed by atoms with Gasteiger partial charge in [-0.3, -0.25) is 0 Å². The Bertz CT molecular complexity index is 800. The van der Waals surface area contributed by atoms with Crippen molar-refractivity contribution in [3.05, 3.63) is 30.0 Å². The number of ether oxygens (including phenoxy) is 1. The van der Waals surface area contributed by atoms with Crippen LogP contribution in [0.1, 0.15) is 24.6 Å². The van der Waals surface area contributed by atoms with E-state index < -0.39 is 9.84 Å². The van der Waals surface area contributed by atoms with Gasteiger partial charge in [0.15, 0.2) is 21.5 Å². The first kappa shape index (κ1) is 15.9. The van der Waals surface area contributed by atoms with Crippen LogP contribution in [-0.2, 0) is 27.7 Å². The molecule has 0 amide bonds. The zero-order chi connectivity index (χ0) is 16.6. The van der Waals surface area contributed by atoms with Crippen LogP contribution in [0, 0.1) is 0 Å². The maximum absolute atomic E-state index is 11.5. The molecule has 0 aliphatic carbocycles. The number of nitrogens with zero attached hydrogens (tertiary/aromatic N) is 5. The predicted octanol–water partition coefficient (Wildman–Crippen LogP) is 0.804. The van der Waals surface area contributed by atoms with Gasteiger partial charge in [0.1, 0.15) is 12.4 Å². The molecule has 1 atom stereocenters. The van der Waals surface area contributed by atoms with E-state index in [0.29, 0.717) is 13.2 Å². The Hall–Kier alpha value is -2.00. The zero-order valence-corrected chi connectivity index (χ0v) is 14.1. The van der Waals surface area contributed by atoms with Crippen LogP contribution in [0.4, 0.5) is 5.82 Å². The number of sulfone groups is 1. The summed E-state index contributed by atoms with van der Waals surface area (Å²) >= 11 is 0. The fourth-order valence-corrected chi connectivity index (χ4v) is 3.35. The summed E-state index contributed by atoms with van der Waals surface area (Å²) in [5.41, 5.74) is 0. The molecule has 0 spiro atoms. The van der Waals surface area contributed by atoms with Gasteiger partial charge in [0, 0.05) is 26.1 Å². The lowest BCUT2D eigenvalue weighted by Crippen LogP contribution is -2.37. The molecule has 8 nitrogen and oxygen atoms in total. The van der Waals surface area contributed by atoms with Crippen LogP contribution in [0.2, 0.25) is 0 Å². The Morgan fingerprint density at radius 3 is 2.74 bits per heavy atom. The average molecular weight is 337 g/mol. The van der Waals surface area contributed by atoms with Gasteiger partial charge in [0.25, 0.3) is 0 Å². The Balaban J connectivity index is 1.86. The molecule has 0 radical (unpaired) electrons. The molecule has 2 aromatic heterocycles. The van der Waals surface area contributed by atoms with E-state index >= 15 is 0 Å². The number of pyridine rings is 1. The molecule has 0 fully saturated rings. The molecule has 23 heavy (non-hydrogen) atoms. The molecule has 1 aliphatic heterocycles. The average Bonchev–Trinajstić information content (AvgIpc) is 2.90. The standard InChI is InChI=1S/C14H19N5O3S/c1-10-7-18(8-13-16-17-14(9-22-2)19(10)13)12-5-4-11(6-15-12)23(3,20)21/h4-6,10H,7-9H2,1-3H3/t10-/m0/s1. The highest BCUT2D eigenvalue weighted by Crippen LogP contribution is 2.25. The van der Waals surface area contributed by atoms with Crippen molar-refractivity contribution in [3.63, 3.8) is 0 Å². The highest BCUT2D eigenvalue weighted by atomic mass is 32.2. The van der Waals surface area contributed by atoms with Crippen molar-refractivity contribution in [2.45, 2.75) is 31.0 Å². The van der Waals surface area contributed by atoms with Crippen molar-refractivity contribution in [2.24, 2.45) is 0 Å². The quantitative estimate of drug-likeness (QED) is 0.815. The molecule has 0 saturated heterocycles. The summed E-state index contributed by atoms with van der Waals surface area (Å²) in [6.07, 6.45) is 2.57. The van der Waals surface area contributed by atoms with E-state index in [4.69, 9.17) is 4.74 Å². The molecule has 124 valence electrons. The lowest BCUT2D eigenvalue weighted by molar-refractivity contribution is 0.171. The van der Waals surface area contributed by atoms with E-state index in [9.17, 15) is 8.42 Å². The molecular formula is C14H19N5O3S. The first-order chi connectivity index (χ1) is 10.9. The second-order valence-electron chi connectivity index (χ2n) is 5.69. The highest BCUT2D eigenvalue weighted by molar-refractivity contribution is 7.90. The maximum atomic E-state index is 11.5. The number of aromatic nitrogens is 4. The molecule has 0 saturated carbocycles. The largest absolute Gasteiger partial charge is 0.377 e. The Morgan fingerprint density at radius 2 is 2.13 bits per heavy atom. The summed E-state index contributed by atoms with van der Waals surface area (Å²) in [6.45, 7) is 3.83. The molecule has 9 heteroatoms. The number of fused-ring (bicyclic) bond motifs is 1. The lowest BCUT2D eigenvalue weighted by atomic mass is 10.2. The number of hydrogen-bond donors (Lipinski definition) is 0. The van der Waals surface area contributed by atoms with E-state index in [0.717, 1.165) is 24.0 Å². The summed E-state index contributed by atoms with van der Waals surface area (Å²) in [5, 5.41) is 8.40. The van der Waals surface area contributed by atoms with Crippen LogP contribution >= 0.6 is 0 Å². The minimum atomic E-state index is -3.23. The first-order valence-electron chi connectivity index (χ1n) is 7.23. The van der Waals surface area contributed by atoms with E-state index in [1.54, 1.807) is 19.2 Å². The molecule has 1 aliphatic rings. The van der Waals surface area contributed by atoms with Gasteiger partial charge in [0.05, 0.1) is 17.5 Å². The fourth-order valence-electron chi connectivity index (χ4n) is 2.79. The summed E-state index contributed by atoms with van der Waals surface area (Å²) in [5.74, 6) is 2.40. The van der Waals surface area contributed by atoms with E-state index in [1.807, 2.05) is 0 Å². The second kappa shape index (κ2) is 5.89. The van der Waals surface area contributed by atoms with Crippen molar-refractivity contribution in [2.75, 3.05) is 24.8 Å². The number of hydrogen-bond acceptors (Lipinski definition) is 7. The maximum Gasteiger partial charge on any atom is 0.177 e. The lowest BCUT2D eigenvalue weighted by Gasteiger charge is -2.33. The van der Waals surface area contributed by atoms with Crippen LogP contribution in [0.5, 0.6) is 0 Å². The molecule has 3 heterocycles. The second-order valence-corrected chi connectivity index (χ2v) is 7.71. The summed E-state index contributed by atoms with van der Waals surface area (Å²) in [4.78, 5) is 6.57. The third-order valence-corrected chi connectivity index (χ3v) is 4.94. The van der Waals surface area contributed by atoms with Crippen LogP contribution in [0.3, 0.4) is 0 Å². The van der Waals surface area contributed by atoms with Crippen LogP contribution in [0.15, 0.2) is 23.2 Å². The van der Waals surface area contributed by atoms with Gasteiger partial charge in [-0.25, -0.2) is 13.4 Å². The molecule has 3 rings (SSSR count). The Kier molecular flexibility index (Phi) is 4.07. The Morgan fingerprint density at radius 1 is 1.35 bits per heavy atom. The molecule has 0 N–H and O–H groups in total. The molecule has 2 aromatic rings. The summed E-state index contributed by atoms with van der Waals surface area (Å²) in [7, 11) is -1.60. The van der Waals surface area contributed by atoms with Gasteiger partial charge >= 0.3 is 0 Å². The molecular weight excluding hydrogens is 318 g/mol. The van der Waals surface area contributed by atoms with Crippen LogP contribution in [0.25, 0.3) is 0 Å². The summed E-state index contributed by atoms with van der Waals surface area (Å²) in [6, 6.07) is 3.48. The number of rotatable bonds is 4. The minimum absolute atomic E-state index is 0.176. The third kappa shape index (κ3) is 3.06. The van der Waals surface area contributed by atoms with Gasteiger partial charge in [-0.1, -0.05) is 0 Å². The van der Waals surface area contributed by atoms with Gasteiger partial charge in [0.2, 0.25) is 0 Å². The predicted molar refractivity (Wildman–Crippen MR) is 83.8 cm³/mol. The van der Waals surface area contributed by atoms with E-state index in [2.05, 4.69) is 31.6 Å². The monoisotopic (exact) mass is 337 g/mol. The zero-order valence-electron chi connectivity index (χ0n) is 13.3. The van der Waals surface area contributed by atoms with Gasteiger partial charge < -0.3 is 14.2 Å². The molecule has 0 aromatic carbocycles. The van der Waals surface area contributed by atoms with Crippen LogP contribution in [-0.4, -0.2) is 48.1 Å². The van der Waals surface area contributed by atoms with Gasteiger partial charge in [-0.15, -0.1) is 10.2 Å². The Labute approximate surface area is 135 Å². The molecule has 0 unspecified atom stereocenters. The third-order valence-electron chi connectivity index (χ3n) is 3.84. The topological polar surface area (TPSA) is 90.2 Å². The molecule has 0 bridgehead atoms. The van der Waals surface area contributed by atoms with Crippen molar-refractivity contribution < 1.29 is 13.2 Å². The van der Waals surface area contributed by atoms with Crippen LogP contribution < -0.4 is 4.90 Å². The highest BCUT2D eigenvalue weighted by Gasteiger charge is 2.27. The number of anilines is 1. The van der Waals surface area contributed by atoms with Crippen molar-refractivity contribution >= 4 is 15.7 Å². The smallest absolute Gasteiger partial charge is 0.177 e. The first-order valence-corrected chi connectivity index (χ1v) is 9.12. The normalized spacial score (nSPS) is 18.0. The van der Waals surface area contributed by atoms with Crippen molar-refractivity contribution in [3.8, 4) is 0 Å². The van der Waals surface area contributed by atoms with Crippen molar-refractivity contribution in [1.82, 2.24) is 19.7 Å². The van der Waals surface area contributed by atoms with Gasteiger partial charge in [-0.2, -0.15) is 0 Å². The van der Waals surface area contributed by atoms with E-state index in [-0.39, 0.29) is 10.9 Å². The summed E-state index contributed by atoms with van der Waals surface area (Å²) < 4.78 is 30.3. The van der Waals surface area contributed by atoms with E-state index in [1.165, 1.54) is 12.5 Å². The van der Waals surface area contributed by atoms with Gasteiger partial charge in [-0.05, 0) is 19.1 Å². The SMILES string of the molecule is COCc1nnc2n1[C@@H](C)CN(c1ccc(S(C)(=O)=O)cn1)C2. The minimum Gasteiger partial charge on any atom is -0.377 e. The fraction of sp³-hybridized carbons (Fsp3) is 0.500. The number of methoxy groups -OCH3 is 1. The van der Waals surface area contributed by atoms with Crippen molar-refractivity contribution in [1.29, 1.82) is 0 Å².